The summed E-state index contributed by atoms with van der Waals surface area (Å²) < 4.78 is 1.13. The van der Waals surface area contributed by atoms with Gasteiger partial charge < -0.3 is 10.6 Å². The van der Waals surface area contributed by atoms with Gasteiger partial charge in [0.05, 0.1) is 16.1 Å². The summed E-state index contributed by atoms with van der Waals surface area (Å²) in [7, 11) is 0. The summed E-state index contributed by atoms with van der Waals surface area (Å²) in [5, 5.41) is 0.917. The van der Waals surface area contributed by atoms with Gasteiger partial charge in [-0.3, -0.25) is 9.59 Å². The number of fused-ring (bicyclic) bond motifs is 1. The lowest BCUT2D eigenvalue weighted by atomic mass is 10.1. The number of hydrogen-bond donors (Lipinski definition) is 1. The second-order valence-electron chi connectivity index (χ2n) is 6.30. The van der Waals surface area contributed by atoms with E-state index in [-0.39, 0.29) is 12.3 Å². The van der Waals surface area contributed by atoms with Crippen molar-refractivity contribution in [1.82, 2.24) is 4.98 Å². The first-order chi connectivity index (χ1) is 12.0. The SMILES string of the molecule is Cc1ccc(-c2nc3ccccc3s2)cc1N1C[C@H](C(N)=O)CC1=O. The van der Waals surface area contributed by atoms with Crippen LogP contribution in [0.15, 0.2) is 42.5 Å². The van der Waals surface area contributed by atoms with Crippen LogP contribution in [0.3, 0.4) is 0 Å². The van der Waals surface area contributed by atoms with Crippen LogP contribution in [-0.2, 0) is 9.59 Å². The van der Waals surface area contributed by atoms with Gasteiger partial charge in [0, 0.05) is 24.2 Å². The summed E-state index contributed by atoms with van der Waals surface area (Å²) in [5.74, 6) is -0.901. The molecular formula is C19H17N3O2S. The molecule has 0 radical (unpaired) electrons. The second kappa shape index (κ2) is 5.97. The summed E-state index contributed by atoms with van der Waals surface area (Å²) in [6.07, 6.45) is 0.181. The Morgan fingerprint density at radius 3 is 2.80 bits per heavy atom. The Morgan fingerprint density at radius 1 is 1.28 bits per heavy atom. The van der Waals surface area contributed by atoms with Crippen molar-refractivity contribution < 1.29 is 9.59 Å². The maximum absolute atomic E-state index is 12.3. The number of anilines is 1. The molecule has 0 spiro atoms. The number of rotatable bonds is 3. The van der Waals surface area contributed by atoms with Crippen molar-refractivity contribution >= 4 is 39.1 Å². The van der Waals surface area contributed by atoms with Crippen molar-refractivity contribution in [2.75, 3.05) is 11.4 Å². The fourth-order valence-electron chi connectivity index (χ4n) is 3.16. The Bertz CT molecular complexity index is 962. The van der Waals surface area contributed by atoms with E-state index in [2.05, 4.69) is 4.98 Å². The van der Waals surface area contributed by atoms with E-state index in [1.54, 1.807) is 16.2 Å². The molecule has 1 saturated heterocycles. The van der Waals surface area contributed by atoms with Crippen LogP contribution in [0.4, 0.5) is 5.69 Å². The summed E-state index contributed by atoms with van der Waals surface area (Å²) in [5.41, 5.74) is 9.13. The van der Waals surface area contributed by atoms with Crippen LogP contribution in [0, 0.1) is 12.8 Å². The number of hydrogen-bond acceptors (Lipinski definition) is 4. The van der Waals surface area contributed by atoms with Crippen LogP contribution in [-0.4, -0.2) is 23.3 Å². The topological polar surface area (TPSA) is 76.3 Å². The van der Waals surface area contributed by atoms with E-state index in [4.69, 9.17) is 5.73 Å². The van der Waals surface area contributed by atoms with E-state index >= 15 is 0 Å². The number of nitrogens with zero attached hydrogens (tertiary/aromatic N) is 2. The third-order valence-corrected chi connectivity index (χ3v) is 5.65. The number of carbonyl (C=O) groups excluding carboxylic acids is 2. The van der Waals surface area contributed by atoms with Gasteiger partial charge in [-0.25, -0.2) is 4.98 Å². The number of nitrogens with two attached hydrogens (primary N) is 1. The largest absolute Gasteiger partial charge is 0.369 e. The van der Waals surface area contributed by atoms with Crippen molar-refractivity contribution in [3.8, 4) is 10.6 Å². The van der Waals surface area contributed by atoms with E-state index in [0.29, 0.717) is 6.54 Å². The molecule has 25 heavy (non-hydrogen) atoms. The van der Waals surface area contributed by atoms with E-state index in [1.165, 1.54) is 0 Å². The van der Waals surface area contributed by atoms with Crippen molar-refractivity contribution in [2.24, 2.45) is 11.7 Å². The Kier molecular flexibility index (Phi) is 3.77. The quantitative estimate of drug-likeness (QED) is 0.788. The van der Waals surface area contributed by atoms with Gasteiger partial charge in [-0.15, -0.1) is 11.3 Å². The molecule has 2 aromatic carbocycles. The maximum Gasteiger partial charge on any atom is 0.227 e. The Labute approximate surface area is 149 Å². The van der Waals surface area contributed by atoms with Crippen LogP contribution in [0.25, 0.3) is 20.8 Å². The molecule has 3 aromatic rings. The molecule has 0 saturated carbocycles. The normalized spacial score (nSPS) is 17.4. The van der Waals surface area contributed by atoms with Crippen molar-refractivity contribution in [2.45, 2.75) is 13.3 Å². The minimum Gasteiger partial charge on any atom is -0.369 e. The molecule has 1 fully saturated rings. The zero-order chi connectivity index (χ0) is 17.6. The third kappa shape index (κ3) is 2.78. The van der Waals surface area contributed by atoms with Crippen LogP contribution >= 0.6 is 11.3 Å². The number of primary amides is 1. The van der Waals surface area contributed by atoms with E-state index in [1.807, 2.05) is 49.4 Å². The molecule has 4 rings (SSSR count). The molecule has 2 heterocycles. The van der Waals surface area contributed by atoms with E-state index in [0.717, 1.165) is 32.0 Å². The fourth-order valence-corrected chi connectivity index (χ4v) is 4.12. The smallest absolute Gasteiger partial charge is 0.227 e. The molecule has 2 amide bonds. The predicted octanol–water partition coefficient (Wildman–Crippen LogP) is 3.11. The molecule has 0 bridgehead atoms. The first-order valence-corrected chi connectivity index (χ1v) is 8.91. The minimum atomic E-state index is -0.421. The molecule has 1 aliphatic rings. The minimum absolute atomic E-state index is 0.0617. The summed E-state index contributed by atoms with van der Waals surface area (Å²) >= 11 is 1.63. The number of amides is 2. The Balaban J connectivity index is 1.74. The summed E-state index contributed by atoms with van der Waals surface area (Å²) in [6.45, 7) is 2.31. The van der Waals surface area contributed by atoms with Gasteiger partial charge >= 0.3 is 0 Å². The number of aromatic nitrogens is 1. The lowest BCUT2D eigenvalue weighted by molar-refractivity contribution is -0.123. The third-order valence-electron chi connectivity index (χ3n) is 4.57. The molecule has 0 unspecified atom stereocenters. The Morgan fingerprint density at radius 2 is 2.08 bits per heavy atom. The van der Waals surface area contributed by atoms with Crippen LogP contribution < -0.4 is 10.6 Å². The molecule has 6 heteroatoms. The zero-order valence-electron chi connectivity index (χ0n) is 13.7. The molecule has 1 atom stereocenters. The van der Waals surface area contributed by atoms with Crippen LogP contribution in [0.1, 0.15) is 12.0 Å². The standard InChI is InChI=1S/C19H17N3O2S/c1-11-6-7-12(19-21-14-4-2-3-5-16(14)25-19)8-15(11)22-10-13(18(20)24)9-17(22)23/h2-8,13H,9-10H2,1H3,(H2,20,24)/t13-/m1/s1. The molecule has 126 valence electrons. The van der Waals surface area contributed by atoms with Gasteiger partial charge in [-0.1, -0.05) is 24.3 Å². The van der Waals surface area contributed by atoms with Gasteiger partial charge in [0.25, 0.3) is 0 Å². The van der Waals surface area contributed by atoms with Gasteiger partial charge in [0.2, 0.25) is 11.8 Å². The predicted molar refractivity (Wildman–Crippen MR) is 99.4 cm³/mol. The highest BCUT2D eigenvalue weighted by Gasteiger charge is 2.34. The maximum atomic E-state index is 12.3. The van der Waals surface area contributed by atoms with Crippen molar-refractivity contribution in [3.63, 3.8) is 0 Å². The molecule has 5 nitrogen and oxygen atoms in total. The first-order valence-electron chi connectivity index (χ1n) is 8.09. The number of aryl methyl sites for hydroxylation is 1. The van der Waals surface area contributed by atoms with Gasteiger partial charge in [0.1, 0.15) is 5.01 Å². The van der Waals surface area contributed by atoms with Crippen molar-refractivity contribution in [1.29, 1.82) is 0 Å². The number of thiazole rings is 1. The average molecular weight is 351 g/mol. The van der Waals surface area contributed by atoms with E-state index in [9.17, 15) is 9.59 Å². The zero-order valence-corrected chi connectivity index (χ0v) is 14.5. The highest BCUT2D eigenvalue weighted by molar-refractivity contribution is 7.21. The van der Waals surface area contributed by atoms with Gasteiger partial charge in [-0.2, -0.15) is 0 Å². The molecule has 1 aliphatic heterocycles. The van der Waals surface area contributed by atoms with E-state index < -0.39 is 11.8 Å². The molecule has 2 N–H and O–H groups in total. The average Bonchev–Trinajstić information content (AvgIpc) is 3.19. The summed E-state index contributed by atoms with van der Waals surface area (Å²) in [4.78, 5) is 30.1. The first kappa shape index (κ1) is 15.8. The van der Waals surface area contributed by atoms with Gasteiger partial charge in [-0.05, 0) is 30.7 Å². The molecular weight excluding hydrogens is 334 g/mol. The van der Waals surface area contributed by atoms with Crippen LogP contribution in [0.2, 0.25) is 0 Å². The lowest BCUT2D eigenvalue weighted by Gasteiger charge is -2.19. The van der Waals surface area contributed by atoms with Gasteiger partial charge in [0.15, 0.2) is 0 Å². The molecule has 0 aliphatic carbocycles. The lowest BCUT2D eigenvalue weighted by Crippen LogP contribution is -2.28. The summed E-state index contributed by atoms with van der Waals surface area (Å²) in [6, 6.07) is 14.0. The highest BCUT2D eigenvalue weighted by atomic mass is 32.1. The second-order valence-corrected chi connectivity index (χ2v) is 7.33. The van der Waals surface area contributed by atoms with Crippen LogP contribution in [0.5, 0.6) is 0 Å². The number of para-hydroxylation sites is 1. The van der Waals surface area contributed by atoms with Crippen molar-refractivity contribution in [3.05, 3.63) is 48.0 Å². The number of carbonyl (C=O) groups is 2. The Hall–Kier alpha value is -2.73. The highest BCUT2D eigenvalue weighted by Crippen LogP contribution is 2.35. The molecule has 1 aromatic heterocycles. The monoisotopic (exact) mass is 351 g/mol. The fraction of sp³-hybridized carbons (Fsp3) is 0.211. The number of benzene rings is 2.